The van der Waals surface area contributed by atoms with Gasteiger partial charge >= 0.3 is 6.03 Å². The number of amides is 2. The predicted molar refractivity (Wildman–Crippen MR) is 71.3 cm³/mol. The highest BCUT2D eigenvalue weighted by Gasteiger charge is 2.34. The maximum Gasteiger partial charge on any atom is 0.318 e. The van der Waals surface area contributed by atoms with E-state index in [0.29, 0.717) is 6.04 Å². The van der Waals surface area contributed by atoms with E-state index in [2.05, 4.69) is 22.3 Å². The molecule has 1 aromatic carbocycles. The Kier molecular flexibility index (Phi) is 3.22. The smallest absolute Gasteiger partial charge is 0.318 e. The fourth-order valence-electron chi connectivity index (χ4n) is 3.14. The van der Waals surface area contributed by atoms with Gasteiger partial charge in [0.05, 0.1) is 6.04 Å². The van der Waals surface area contributed by atoms with E-state index in [1.54, 1.807) is 0 Å². The SMILES string of the molecule is O=C1N[C@H](c2ccccc2)CN1C1CCCCC1. The minimum absolute atomic E-state index is 0.121. The van der Waals surface area contributed by atoms with Crippen LogP contribution in [0, 0.1) is 0 Å². The van der Waals surface area contributed by atoms with Crippen LogP contribution in [0.25, 0.3) is 0 Å². The molecule has 1 N–H and O–H groups in total. The van der Waals surface area contributed by atoms with Crippen molar-refractivity contribution in [2.24, 2.45) is 0 Å². The van der Waals surface area contributed by atoms with E-state index in [1.165, 1.54) is 37.7 Å². The van der Waals surface area contributed by atoms with E-state index >= 15 is 0 Å². The Morgan fingerprint density at radius 2 is 1.78 bits per heavy atom. The summed E-state index contributed by atoms with van der Waals surface area (Å²) in [5.41, 5.74) is 1.21. The number of rotatable bonds is 2. The average Bonchev–Trinajstić information content (AvgIpc) is 2.83. The van der Waals surface area contributed by atoms with Gasteiger partial charge in [0.1, 0.15) is 0 Å². The van der Waals surface area contributed by atoms with E-state index in [9.17, 15) is 4.79 Å². The molecule has 3 nitrogen and oxygen atoms in total. The maximum atomic E-state index is 12.1. The normalized spacial score (nSPS) is 25.2. The summed E-state index contributed by atoms with van der Waals surface area (Å²) >= 11 is 0. The Morgan fingerprint density at radius 3 is 2.50 bits per heavy atom. The Labute approximate surface area is 108 Å². The van der Waals surface area contributed by atoms with Crippen molar-refractivity contribution in [3.63, 3.8) is 0 Å². The van der Waals surface area contributed by atoms with Crippen LogP contribution in [0.4, 0.5) is 4.79 Å². The summed E-state index contributed by atoms with van der Waals surface area (Å²) in [5, 5.41) is 3.10. The van der Waals surface area contributed by atoms with Crippen molar-refractivity contribution in [1.29, 1.82) is 0 Å². The number of nitrogens with one attached hydrogen (secondary N) is 1. The van der Waals surface area contributed by atoms with Crippen molar-refractivity contribution in [3.05, 3.63) is 35.9 Å². The van der Waals surface area contributed by atoms with Crippen molar-refractivity contribution in [2.45, 2.75) is 44.2 Å². The zero-order valence-corrected chi connectivity index (χ0v) is 10.6. The van der Waals surface area contributed by atoms with Crippen LogP contribution in [0.3, 0.4) is 0 Å². The molecule has 0 aromatic heterocycles. The molecule has 2 fully saturated rings. The number of nitrogens with zero attached hydrogens (tertiary/aromatic N) is 1. The number of urea groups is 1. The molecule has 1 atom stereocenters. The average molecular weight is 244 g/mol. The summed E-state index contributed by atoms with van der Waals surface area (Å²) in [4.78, 5) is 14.1. The van der Waals surface area contributed by atoms with Crippen LogP contribution in [-0.4, -0.2) is 23.5 Å². The molecule has 2 aliphatic rings. The Morgan fingerprint density at radius 1 is 1.06 bits per heavy atom. The number of hydrogen-bond acceptors (Lipinski definition) is 1. The van der Waals surface area contributed by atoms with E-state index in [0.717, 1.165) is 6.54 Å². The van der Waals surface area contributed by atoms with Crippen LogP contribution >= 0.6 is 0 Å². The first-order chi connectivity index (χ1) is 8.84. The molecule has 1 aromatic rings. The molecule has 0 spiro atoms. The zero-order valence-electron chi connectivity index (χ0n) is 10.6. The lowest BCUT2D eigenvalue weighted by molar-refractivity contribution is 0.178. The van der Waals surface area contributed by atoms with Gasteiger partial charge in [-0.05, 0) is 18.4 Å². The summed E-state index contributed by atoms with van der Waals surface area (Å²) in [6, 6.07) is 11.0. The van der Waals surface area contributed by atoms with Crippen LogP contribution in [0.1, 0.15) is 43.7 Å². The first-order valence-corrected chi connectivity index (χ1v) is 6.96. The summed E-state index contributed by atoms with van der Waals surface area (Å²) in [6.07, 6.45) is 6.22. The minimum atomic E-state index is 0.121. The third-order valence-electron chi connectivity index (χ3n) is 4.16. The molecule has 1 aliphatic carbocycles. The van der Waals surface area contributed by atoms with Crippen LogP contribution in [0.2, 0.25) is 0 Å². The van der Waals surface area contributed by atoms with E-state index in [-0.39, 0.29) is 12.1 Å². The van der Waals surface area contributed by atoms with Gasteiger partial charge in [-0.2, -0.15) is 0 Å². The quantitative estimate of drug-likeness (QED) is 0.852. The van der Waals surface area contributed by atoms with Crippen LogP contribution in [0.5, 0.6) is 0 Å². The topological polar surface area (TPSA) is 32.3 Å². The van der Waals surface area contributed by atoms with Gasteiger partial charge in [0.15, 0.2) is 0 Å². The van der Waals surface area contributed by atoms with Gasteiger partial charge in [-0.25, -0.2) is 4.79 Å². The summed E-state index contributed by atoms with van der Waals surface area (Å²) in [7, 11) is 0. The summed E-state index contributed by atoms with van der Waals surface area (Å²) in [6.45, 7) is 0.827. The van der Waals surface area contributed by atoms with Crippen LogP contribution in [0.15, 0.2) is 30.3 Å². The second-order valence-corrected chi connectivity index (χ2v) is 5.36. The molecular weight excluding hydrogens is 224 g/mol. The van der Waals surface area contributed by atoms with E-state index in [4.69, 9.17) is 0 Å². The number of hydrogen-bond donors (Lipinski definition) is 1. The molecule has 1 saturated heterocycles. The monoisotopic (exact) mass is 244 g/mol. The largest absolute Gasteiger partial charge is 0.329 e. The maximum absolute atomic E-state index is 12.1. The molecule has 18 heavy (non-hydrogen) atoms. The molecular formula is C15H20N2O. The summed E-state index contributed by atoms with van der Waals surface area (Å²) < 4.78 is 0. The lowest BCUT2D eigenvalue weighted by Gasteiger charge is -2.30. The lowest BCUT2D eigenvalue weighted by atomic mass is 9.94. The lowest BCUT2D eigenvalue weighted by Crippen LogP contribution is -2.39. The molecule has 1 saturated carbocycles. The first-order valence-electron chi connectivity index (χ1n) is 6.96. The van der Waals surface area contributed by atoms with E-state index < -0.39 is 0 Å². The third kappa shape index (κ3) is 2.22. The van der Waals surface area contributed by atoms with Gasteiger partial charge in [-0.15, -0.1) is 0 Å². The van der Waals surface area contributed by atoms with Gasteiger partial charge < -0.3 is 10.2 Å². The fraction of sp³-hybridized carbons (Fsp3) is 0.533. The van der Waals surface area contributed by atoms with Crippen molar-refractivity contribution in [1.82, 2.24) is 10.2 Å². The Balaban J connectivity index is 1.70. The zero-order chi connectivity index (χ0) is 12.4. The number of carbonyl (C=O) groups excluding carboxylic acids is 1. The number of carbonyl (C=O) groups is 1. The molecule has 0 unspecified atom stereocenters. The highest BCUT2D eigenvalue weighted by molar-refractivity contribution is 5.77. The molecule has 2 amide bonds. The molecule has 3 rings (SSSR count). The predicted octanol–water partition coefficient (Wildman–Crippen LogP) is 3.09. The molecule has 0 bridgehead atoms. The minimum Gasteiger partial charge on any atom is -0.329 e. The molecule has 0 radical (unpaired) electrons. The second kappa shape index (κ2) is 5.01. The van der Waals surface area contributed by atoms with Crippen molar-refractivity contribution >= 4 is 6.03 Å². The van der Waals surface area contributed by atoms with Gasteiger partial charge in [0.25, 0.3) is 0 Å². The Bertz CT molecular complexity index is 412. The van der Waals surface area contributed by atoms with Crippen molar-refractivity contribution in [2.75, 3.05) is 6.54 Å². The van der Waals surface area contributed by atoms with Crippen LogP contribution in [-0.2, 0) is 0 Å². The standard InChI is InChI=1S/C15H20N2O/c18-15-16-14(12-7-3-1-4-8-12)11-17(15)13-9-5-2-6-10-13/h1,3-4,7-8,13-14H,2,5-6,9-11H2,(H,16,18)/t14-/m0/s1. The van der Waals surface area contributed by atoms with Gasteiger partial charge in [0, 0.05) is 12.6 Å². The highest BCUT2D eigenvalue weighted by atomic mass is 16.2. The van der Waals surface area contributed by atoms with Crippen LogP contribution < -0.4 is 5.32 Å². The van der Waals surface area contributed by atoms with Gasteiger partial charge in [0.2, 0.25) is 0 Å². The highest BCUT2D eigenvalue weighted by Crippen LogP contribution is 2.28. The first kappa shape index (κ1) is 11.6. The third-order valence-corrected chi connectivity index (χ3v) is 4.16. The van der Waals surface area contributed by atoms with Crippen molar-refractivity contribution in [3.8, 4) is 0 Å². The number of benzene rings is 1. The van der Waals surface area contributed by atoms with Gasteiger partial charge in [-0.3, -0.25) is 0 Å². The molecule has 1 aliphatic heterocycles. The second-order valence-electron chi connectivity index (χ2n) is 5.36. The van der Waals surface area contributed by atoms with Crippen molar-refractivity contribution < 1.29 is 4.79 Å². The Hall–Kier alpha value is -1.51. The van der Waals surface area contributed by atoms with Gasteiger partial charge in [-0.1, -0.05) is 49.6 Å². The molecule has 96 valence electrons. The molecule has 1 heterocycles. The fourth-order valence-corrected chi connectivity index (χ4v) is 3.14. The van der Waals surface area contributed by atoms with E-state index in [1.807, 2.05) is 18.2 Å². The summed E-state index contributed by atoms with van der Waals surface area (Å²) in [5.74, 6) is 0. The molecule has 3 heteroatoms.